The zero-order valence-corrected chi connectivity index (χ0v) is 10.6. The van der Waals surface area contributed by atoms with Crippen molar-refractivity contribution in [2.45, 2.75) is 19.4 Å². The van der Waals surface area contributed by atoms with Gasteiger partial charge in [0.05, 0.1) is 11.8 Å². The number of amides is 1. The topological polar surface area (TPSA) is 42.0 Å². The third-order valence-corrected chi connectivity index (χ3v) is 2.78. The van der Waals surface area contributed by atoms with Crippen molar-refractivity contribution in [2.24, 2.45) is 0 Å². The van der Waals surface area contributed by atoms with E-state index in [-0.39, 0.29) is 11.6 Å². The second-order valence-electron chi connectivity index (χ2n) is 4.42. The van der Waals surface area contributed by atoms with Crippen LogP contribution >= 0.6 is 0 Å². The lowest BCUT2D eigenvalue weighted by atomic mass is 10.1. The van der Waals surface area contributed by atoms with Crippen LogP contribution in [0.3, 0.4) is 0 Å². The molecule has 19 heavy (non-hydrogen) atoms. The largest absolute Gasteiger partial charge is 0.349 e. The van der Waals surface area contributed by atoms with Crippen molar-refractivity contribution in [1.82, 2.24) is 10.3 Å². The van der Waals surface area contributed by atoms with Crippen LogP contribution in [0.15, 0.2) is 48.8 Å². The molecule has 0 saturated heterocycles. The maximum absolute atomic E-state index is 13.4. The summed E-state index contributed by atoms with van der Waals surface area (Å²) in [5, 5.41) is 2.78. The number of carbonyl (C=O) groups excluding carboxylic acids is 1. The van der Waals surface area contributed by atoms with Gasteiger partial charge < -0.3 is 5.32 Å². The third kappa shape index (κ3) is 3.61. The second kappa shape index (κ2) is 6.09. The van der Waals surface area contributed by atoms with E-state index in [0.29, 0.717) is 6.42 Å². The summed E-state index contributed by atoms with van der Waals surface area (Å²) in [5.74, 6) is -1.02. The molecule has 0 radical (unpaired) electrons. The van der Waals surface area contributed by atoms with E-state index in [2.05, 4.69) is 10.3 Å². The molecule has 2 aromatic rings. The molecular weight excluding hydrogens is 243 g/mol. The number of aromatic nitrogens is 1. The van der Waals surface area contributed by atoms with Crippen LogP contribution in [0.25, 0.3) is 0 Å². The van der Waals surface area contributed by atoms with Gasteiger partial charge in [0.25, 0.3) is 5.91 Å². The van der Waals surface area contributed by atoms with E-state index in [1.54, 1.807) is 0 Å². The average molecular weight is 258 g/mol. The molecule has 0 fully saturated rings. The molecule has 0 saturated carbocycles. The Morgan fingerprint density at radius 1 is 1.32 bits per heavy atom. The zero-order chi connectivity index (χ0) is 13.7. The van der Waals surface area contributed by atoms with Gasteiger partial charge in [-0.3, -0.25) is 9.78 Å². The van der Waals surface area contributed by atoms with Gasteiger partial charge in [-0.1, -0.05) is 30.3 Å². The van der Waals surface area contributed by atoms with Crippen molar-refractivity contribution in [3.8, 4) is 0 Å². The number of nitrogens with one attached hydrogen (secondary N) is 1. The summed E-state index contributed by atoms with van der Waals surface area (Å²) >= 11 is 0. The maximum Gasteiger partial charge on any atom is 0.254 e. The molecule has 1 N–H and O–H groups in total. The van der Waals surface area contributed by atoms with E-state index in [1.165, 1.54) is 12.3 Å². The van der Waals surface area contributed by atoms with E-state index < -0.39 is 11.7 Å². The Balaban J connectivity index is 1.98. The van der Waals surface area contributed by atoms with Crippen LogP contribution in [0, 0.1) is 5.82 Å². The predicted octanol–water partition coefficient (Wildman–Crippen LogP) is 2.58. The Bertz CT molecular complexity index is 557. The van der Waals surface area contributed by atoms with Gasteiger partial charge in [-0.05, 0) is 25.0 Å². The molecule has 2 rings (SSSR count). The summed E-state index contributed by atoms with van der Waals surface area (Å²) in [6.07, 6.45) is 3.15. The highest BCUT2D eigenvalue weighted by Crippen LogP contribution is 2.06. The molecule has 0 bridgehead atoms. The first-order valence-electron chi connectivity index (χ1n) is 6.11. The zero-order valence-electron chi connectivity index (χ0n) is 10.6. The van der Waals surface area contributed by atoms with Crippen LogP contribution in [0.2, 0.25) is 0 Å². The Labute approximate surface area is 111 Å². The maximum atomic E-state index is 13.4. The molecule has 1 amide bonds. The lowest BCUT2D eigenvalue weighted by Crippen LogP contribution is -2.34. The highest BCUT2D eigenvalue weighted by molar-refractivity contribution is 5.94. The van der Waals surface area contributed by atoms with Crippen LogP contribution in [0.4, 0.5) is 4.39 Å². The molecule has 1 aromatic heterocycles. The minimum atomic E-state index is -0.605. The highest BCUT2D eigenvalue weighted by Gasteiger charge is 2.13. The van der Waals surface area contributed by atoms with Crippen LogP contribution in [-0.4, -0.2) is 16.9 Å². The summed E-state index contributed by atoms with van der Waals surface area (Å²) in [4.78, 5) is 15.5. The number of nitrogens with zero attached hydrogens (tertiary/aromatic N) is 1. The predicted molar refractivity (Wildman–Crippen MR) is 71.3 cm³/mol. The Kier molecular flexibility index (Phi) is 4.23. The Morgan fingerprint density at radius 2 is 2.05 bits per heavy atom. The van der Waals surface area contributed by atoms with Gasteiger partial charge in [-0.2, -0.15) is 0 Å². The molecule has 1 aromatic carbocycles. The van der Waals surface area contributed by atoms with Crippen LogP contribution in [0.5, 0.6) is 0 Å². The number of rotatable bonds is 4. The van der Waals surface area contributed by atoms with E-state index in [0.717, 1.165) is 11.8 Å². The van der Waals surface area contributed by atoms with Gasteiger partial charge in [0.2, 0.25) is 0 Å². The molecule has 98 valence electrons. The van der Waals surface area contributed by atoms with Crippen molar-refractivity contribution >= 4 is 5.91 Å². The van der Waals surface area contributed by atoms with Gasteiger partial charge in [-0.15, -0.1) is 0 Å². The first kappa shape index (κ1) is 13.2. The third-order valence-electron chi connectivity index (χ3n) is 2.78. The van der Waals surface area contributed by atoms with Crippen molar-refractivity contribution < 1.29 is 9.18 Å². The number of pyridine rings is 1. The molecule has 0 aliphatic carbocycles. The van der Waals surface area contributed by atoms with E-state index >= 15 is 0 Å². The van der Waals surface area contributed by atoms with Crippen molar-refractivity contribution in [1.29, 1.82) is 0 Å². The van der Waals surface area contributed by atoms with Gasteiger partial charge >= 0.3 is 0 Å². The molecule has 0 spiro atoms. The van der Waals surface area contributed by atoms with Gasteiger partial charge in [0.15, 0.2) is 5.82 Å². The quantitative estimate of drug-likeness (QED) is 0.915. The molecule has 3 nitrogen and oxygen atoms in total. The normalized spacial score (nSPS) is 11.9. The summed E-state index contributed by atoms with van der Waals surface area (Å²) in [7, 11) is 0. The lowest BCUT2D eigenvalue weighted by Gasteiger charge is -2.14. The van der Waals surface area contributed by atoms with Crippen LogP contribution in [0.1, 0.15) is 22.8 Å². The standard InChI is InChI=1S/C15H15FN2O/c1-11(9-12-5-3-2-4-6-12)18-15(19)13-7-8-17-10-14(13)16/h2-8,10-11H,9H2,1H3,(H,18,19). The smallest absolute Gasteiger partial charge is 0.254 e. The summed E-state index contributed by atoms with van der Waals surface area (Å²) < 4.78 is 13.4. The SMILES string of the molecule is CC(Cc1ccccc1)NC(=O)c1ccncc1F. The summed E-state index contributed by atoms with van der Waals surface area (Å²) in [5.41, 5.74) is 1.15. The summed E-state index contributed by atoms with van der Waals surface area (Å²) in [6.45, 7) is 1.89. The number of hydrogen-bond acceptors (Lipinski definition) is 2. The van der Waals surface area contributed by atoms with E-state index in [9.17, 15) is 9.18 Å². The van der Waals surface area contributed by atoms with Crippen LogP contribution in [-0.2, 0) is 6.42 Å². The molecular formula is C15H15FN2O. The number of benzene rings is 1. The van der Waals surface area contributed by atoms with E-state index in [4.69, 9.17) is 0 Å². The Morgan fingerprint density at radius 3 is 2.74 bits per heavy atom. The summed E-state index contributed by atoms with van der Waals surface area (Å²) in [6, 6.07) is 11.1. The molecule has 0 aliphatic heterocycles. The molecule has 1 heterocycles. The molecule has 1 atom stereocenters. The van der Waals surface area contributed by atoms with Gasteiger partial charge in [0, 0.05) is 12.2 Å². The van der Waals surface area contributed by atoms with E-state index in [1.807, 2.05) is 37.3 Å². The minimum absolute atomic E-state index is 0.0231. The van der Waals surface area contributed by atoms with Crippen LogP contribution < -0.4 is 5.32 Å². The number of halogens is 1. The van der Waals surface area contributed by atoms with Gasteiger partial charge in [-0.25, -0.2) is 4.39 Å². The van der Waals surface area contributed by atoms with Crippen molar-refractivity contribution in [2.75, 3.05) is 0 Å². The molecule has 1 unspecified atom stereocenters. The fraction of sp³-hybridized carbons (Fsp3) is 0.200. The fourth-order valence-corrected chi connectivity index (χ4v) is 1.88. The minimum Gasteiger partial charge on any atom is -0.349 e. The number of hydrogen-bond donors (Lipinski definition) is 1. The second-order valence-corrected chi connectivity index (χ2v) is 4.42. The lowest BCUT2D eigenvalue weighted by molar-refractivity contribution is 0.0936. The monoisotopic (exact) mass is 258 g/mol. The van der Waals surface area contributed by atoms with Crippen molar-refractivity contribution in [3.63, 3.8) is 0 Å². The first-order valence-corrected chi connectivity index (χ1v) is 6.11. The average Bonchev–Trinajstić information content (AvgIpc) is 2.40. The Hall–Kier alpha value is -2.23. The first-order chi connectivity index (χ1) is 9.16. The highest BCUT2D eigenvalue weighted by atomic mass is 19.1. The fourth-order valence-electron chi connectivity index (χ4n) is 1.88. The van der Waals surface area contributed by atoms with Gasteiger partial charge in [0.1, 0.15) is 0 Å². The molecule has 0 aliphatic rings. The van der Waals surface area contributed by atoms with Crippen molar-refractivity contribution in [3.05, 3.63) is 65.7 Å². The molecule has 4 heteroatoms. The number of carbonyl (C=O) groups is 1.